The first-order chi connectivity index (χ1) is 7.72. The summed E-state index contributed by atoms with van der Waals surface area (Å²) in [5, 5.41) is 0. The topological polar surface area (TPSA) is 17.1 Å². The summed E-state index contributed by atoms with van der Waals surface area (Å²) in [6.45, 7) is 3.87. The van der Waals surface area contributed by atoms with E-state index in [1.807, 2.05) is 0 Å². The van der Waals surface area contributed by atoms with E-state index in [1.165, 1.54) is 11.1 Å². The lowest BCUT2D eigenvalue weighted by molar-refractivity contribution is -0.118. The molecule has 0 unspecified atom stereocenters. The average Bonchev–Trinajstić information content (AvgIpc) is 2.29. The third-order valence-corrected chi connectivity index (χ3v) is 2.52. The third kappa shape index (κ3) is 4.79. The molecule has 1 heteroatoms. The molecule has 1 nitrogen and oxygen atoms in total. The van der Waals surface area contributed by atoms with Gasteiger partial charge in [0.25, 0.3) is 0 Å². The fourth-order valence-electron chi connectivity index (χ4n) is 1.49. The van der Waals surface area contributed by atoms with Gasteiger partial charge >= 0.3 is 0 Å². The highest BCUT2D eigenvalue weighted by atomic mass is 16.1. The smallest absolute Gasteiger partial charge is 0.134 e. The zero-order valence-corrected chi connectivity index (χ0v) is 10.0. The Morgan fingerprint density at radius 3 is 2.50 bits per heavy atom. The molecule has 0 fully saturated rings. The maximum Gasteiger partial charge on any atom is 0.134 e. The Morgan fingerprint density at radius 1 is 1.19 bits per heavy atom. The Bertz CT molecular complexity index is 390. The highest BCUT2D eigenvalue weighted by Gasteiger charge is 2.01. The van der Waals surface area contributed by atoms with Crippen LogP contribution in [0.25, 0.3) is 0 Å². The van der Waals surface area contributed by atoms with Crippen LogP contribution in [-0.4, -0.2) is 5.78 Å². The van der Waals surface area contributed by atoms with E-state index in [1.54, 1.807) is 6.92 Å². The van der Waals surface area contributed by atoms with Crippen LogP contribution in [0, 0.1) is 18.8 Å². The van der Waals surface area contributed by atoms with Gasteiger partial charge in [-0.25, -0.2) is 0 Å². The molecular weight excluding hydrogens is 196 g/mol. The van der Waals surface area contributed by atoms with Crippen LogP contribution in [0.5, 0.6) is 0 Å². The number of ketones is 1. The zero-order chi connectivity index (χ0) is 11.8. The average molecular weight is 214 g/mol. The number of rotatable bonds is 5. The van der Waals surface area contributed by atoms with Crippen LogP contribution in [0.3, 0.4) is 0 Å². The van der Waals surface area contributed by atoms with Crippen molar-refractivity contribution in [3.05, 3.63) is 35.4 Å². The first kappa shape index (κ1) is 12.5. The van der Waals surface area contributed by atoms with Crippen LogP contribution in [-0.2, 0) is 11.2 Å². The standard InChI is InChI=1S/C15H18O/c1-3-4-5-6-15(16)12-11-14-9-7-13(2)8-10-14/h7-10H,5-6,11-12H2,1-2H3. The van der Waals surface area contributed by atoms with Crippen molar-refractivity contribution < 1.29 is 4.79 Å². The molecule has 0 atom stereocenters. The van der Waals surface area contributed by atoms with Crippen LogP contribution >= 0.6 is 0 Å². The van der Waals surface area contributed by atoms with Crippen molar-refractivity contribution in [2.75, 3.05) is 0 Å². The predicted molar refractivity (Wildman–Crippen MR) is 67.2 cm³/mol. The van der Waals surface area contributed by atoms with Gasteiger partial charge in [0, 0.05) is 19.3 Å². The molecule has 84 valence electrons. The number of hydrogen-bond acceptors (Lipinski definition) is 1. The molecule has 1 aromatic rings. The van der Waals surface area contributed by atoms with Crippen molar-refractivity contribution >= 4 is 5.78 Å². The molecule has 1 rings (SSSR count). The summed E-state index contributed by atoms with van der Waals surface area (Å²) in [6, 6.07) is 8.35. The summed E-state index contributed by atoms with van der Waals surface area (Å²) in [6.07, 6.45) is 2.77. The van der Waals surface area contributed by atoms with Gasteiger partial charge in [0.05, 0.1) is 0 Å². The summed E-state index contributed by atoms with van der Waals surface area (Å²) < 4.78 is 0. The van der Waals surface area contributed by atoms with E-state index in [9.17, 15) is 4.79 Å². The predicted octanol–water partition coefficient (Wildman–Crippen LogP) is 3.30. The second kappa shape index (κ2) is 6.85. The normalized spacial score (nSPS) is 9.38. The van der Waals surface area contributed by atoms with Crippen LogP contribution < -0.4 is 0 Å². The molecule has 1 aromatic carbocycles. The number of carbonyl (C=O) groups excluding carboxylic acids is 1. The molecule has 0 aliphatic heterocycles. The van der Waals surface area contributed by atoms with Crippen LogP contribution in [0.2, 0.25) is 0 Å². The Balaban J connectivity index is 2.30. The zero-order valence-electron chi connectivity index (χ0n) is 10.0. The molecule has 0 bridgehead atoms. The van der Waals surface area contributed by atoms with Gasteiger partial charge in [0.15, 0.2) is 0 Å². The highest BCUT2D eigenvalue weighted by Crippen LogP contribution is 2.07. The van der Waals surface area contributed by atoms with E-state index in [0.717, 1.165) is 6.42 Å². The van der Waals surface area contributed by atoms with E-state index >= 15 is 0 Å². The van der Waals surface area contributed by atoms with Gasteiger partial charge in [-0.1, -0.05) is 29.8 Å². The molecule has 0 saturated heterocycles. The van der Waals surface area contributed by atoms with Gasteiger partial charge in [0.2, 0.25) is 0 Å². The van der Waals surface area contributed by atoms with Crippen molar-refractivity contribution in [3.63, 3.8) is 0 Å². The number of benzene rings is 1. The monoisotopic (exact) mass is 214 g/mol. The first-order valence-corrected chi connectivity index (χ1v) is 5.69. The fraction of sp³-hybridized carbons (Fsp3) is 0.400. The summed E-state index contributed by atoms with van der Waals surface area (Å²) in [4.78, 5) is 11.5. The molecule has 0 aliphatic carbocycles. The lowest BCUT2D eigenvalue weighted by atomic mass is 10.0. The minimum Gasteiger partial charge on any atom is -0.300 e. The van der Waals surface area contributed by atoms with Gasteiger partial charge in [0.1, 0.15) is 5.78 Å². The van der Waals surface area contributed by atoms with Crippen molar-refractivity contribution in [1.82, 2.24) is 0 Å². The number of aryl methyl sites for hydroxylation is 2. The summed E-state index contributed by atoms with van der Waals surface area (Å²) in [5.41, 5.74) is 2.49. The molecule has 0 heterocycles. The van der Waals surface area contributed by atoms with E-state index in [0.29, 0.717) is 25.0 Å². The molecule has 0 N–H and O–H groups in total. The van der Waals surface area contributed by atoms with Gasteiger partial charge < -0.3 is 0 Å². The third-order valence-electron chi connectivity index (χ3n) is 2.52. The molecule has 0 amide bonds. The lowest BCUT2D eigenvalue weighted by Crippen LogP contribution is -1.99. The van der Waals surface area contributed by atoms with Crippen molar-refractivity contribution in [3.8, 4) is 11.8 Å². The minimum absolute atomic E-state index is 0.309. The molecule has 0 saturated carbocycles. The van der Waals surface area contributed by atoms with E-state index in [2.05, 4.69) is 43.0 Å². The highest BCUT2D eigenvalue weighted by molar-refractivity contribution is 5.78. The Kier molecular flexibility index (Phi) is 5.36. The molecule has 0 spiro atoms. The van der Waals surface area contributed by atoms with E-state index in [4.69, 9.17) is 0 Å². The largest absolute Gasteiger partial charge is 0.300 e. The van der Waals surface area contributed by atoms with E-state index < -0.39 is 0 Å². The van der Waals surface area contributed by atoms with Crippen molar-refractivity contribution in [1.29, 1.82) is 0 Å². The van der Waals surface area contributed by atoms with Crippen LogP contribution in [0.15, 0.2) is 24.3 Å². The van der Waals surface area contributed by atoms with Gasteiger partial charge in [-0.3, -0.25) is 4.79 Å². The molecule has 0 aliphatic rings. The Hall–Kier alpha value is -1.55. The maximum absolute atomic E-state index is 11.5. The molecule has 16 heavy (non-hydrogen) atoms. The van der Waals surface area contributed by atoms with Gasteiger partial charge in [-0.2, -0.15) is 0 Å². The molecule has 0 radical (unpaired) electrons. The second-order valence-electron chi connectivity index (χ2n) is 3.95. The van der Waals surface area contributed by atoms with Gasteiger partial charge in [-0.05, 0) is 25.8 Å². The minimum atomic E-state index is 0.309. The van der Waals surface area contributed by atoms with E-state index in [-0.39, 0.29) is 0 Å². The van der Waals surface area contributed by atoms with Crippen molar-refractivity contribution in [2.45, 2.75) is 39.5 Å². The maximum atomic E-state index is 11.5. The summed E-state index contributed by atoms with van der Waals surface area (Å²) in [7, 11) is 0. The summed E-state index contributed by atoms with van der Waals surface area (Å²) in [5.74, 6) is 6.02. The van der Waals surface area contributed by atoms with Crippen molar-refractivity contribution in [2.24, 2.45) is 0 Å². The molecular formula is C15H18O. The molecule has 0 aromatic heterocycles. The number of Topliss-reactive ketones (excluding diaryl/α,β-unsaturated/α-hetero) is 1. The fourth-order valence-corrected chi connectivity index (χ4v) is 1.49. The SMILES string of the molecule is CC#CCCC(=O)CCc1ccc(C)cc1. The lowest BCUT2D eigenvalue weighted by Gasteiger charge is -2.00. The Morgan fingerprint density at radius 2 is 1.88 bits per heavy atom. The van der Waals surface area contributed by atoms with Crippen LogP contribution in [0.1, 0.15) is 37.3 Å². The second-order valence-corrected chi connectivity index (χ2v) is 3.95. The number of hydrogen-bond donors (Lipinski definition) is 0. The number of carbonyl (C=O) groups is 1. The first-order valence-electron chi connectivity index (χ1n) is 5.69. The Labute approximate surface area is 97.9 Å². The quantitative estimate of drug-likeness (QED) is 0.687. The summed E-state index contributed by atoms with van der Waals surface area (Å²) >= 11 is 0. The van der Waals surface area contributed by atoms with Gasteiger partial charge in [-0.15, -0.1) is 11.8 Å². The van der Waals surface area contributed by atoms with Crippen LogP contribution in [0.4, 0.5) is 0 Å².